The normalized spacial score (nSPS) is 15.7. The first-order valence-electron chi connectivity index (χ1n) is 10.7. The molecule has 10 heteroatoms. The zero-order valence-electron chi connectivity index (χ0n) is 19.0. The summed E-state index contributed by atoms with van der Waals surface area (Å²) in [5, 5.41) is 7.22. The summed E-state index contributed by atoms with van der Waals surface area (Å²) in [5.41, 5.74) is 2.34. The molecule has 1 aliphatic rings. The molecule has 3 heterocycles. The predicted octanol–water partition coefficient (Wildman–Crippen LogP) is 2.14. The van der Waals surface area contributed by atoms with E-state index in [2.05, 4.69) is 20.4 Å². The van der Waals surface area contributed by atoms with Crippen molar-refractivity contribution in [2.45, 2.75) is 33.6 Å². The fourth-order valence-corrected chi connectivity index (χ4v) is 3.99. The number of aromatic nitrogens is 4. The zero-order valence-corrected chi connectivity index (χ0v) is 19.0. The van der Waals surface area contributed by atoms with E-state index in [4.69, 9.17) is 4.74 Å². The summed E-state index contributed by atoms with van der Waals surface area (Å²) in [6.07, 6.45) is 0.668. The van der Waals surface area contributed by atoms with Crippen LogP contribution in [0.4, 0.5) is 11.5 Å². The Labute approximate surface area is 190 Å². The number of H-pyrrole nitrogens is 1. The molecular formula is C23H26N6O4. The molecule has 1 atom stereocenters. The average molecular weight is 450 g/mol. The number of amides is 2. The second-order valence-corrected chi connectivity index (χ2v) is 7.98. The Kier molecular flexibility index (Phi) is 5.99. The highest BCUT2D eigenvalue weighted by Crippen LogP contribution is 2.28. The Morgan fingerprint density at radius 2 is 1.97 bits per heavy atom. The fraction of sp³-hybridized carbons (Fsp3) is 0.348. The van der Waals surface area contributed by atoms with Crippen LogP contribution in [0.5, 0.6) is 5.75 Å². The van der Waals surface area contributed by atoms with Crippen LogP contribution in [-0.2, 0) is 16.0 Å². The number of aromatic amines is 1. The molecule has 172 valence electrons. The Morgan fingerprint density at radius 3 is 2.61 bits per heavy atom. The van der Waals surface area contributed by atoms with Crippen molar-refractivity contribution in [2.24, 2.45) is 5.92 Å². The van der Waals surface area contributed by atoms with Crippen LogP contribution in [-0.4, -0.2) is 45.2 Å². The van der Waals surface area contributed by atoms with Gasteiger partial charge < -0.3 is 15.0 Å². The molecule has 0 aliphatic carbocycles. The van der Waals surface area contributed by atoms with Gasteiger partial charge in [0.15, 0.2) is 0 Å². The van der Waals surface area contributed by atoms with Gasteiger partial charge in [0.25, 0.3) is 5.56 Å². The van der Waals surface area contributed by atoms with Crippen LogP contribution >= 0.6 is 0 Å². The van der Waals surface area contributed by atoms with Gasteiger partial charge in [-0.3, -0.25) is 19.4 Å². The molecule has 1 saturated heterocycles. The van der Waals surface area contributed by atoms with Crippen molar-refractivity contribution in [2.75, 3.05) is 23.9 Å². The molecule has 1 aliphatic heterocycles. The molecule has 3 aromatic rings. The standard InChI is InChI=1S/C23H26N6O4/c1-5-18-14(3)24-23(26-22(18)32)29-19(10-13(2)27-29)25-21(31)15-11-20(30)28(12-15)16-6-8-17(33-4)9-7-16/h6-10,15H,5,11-12H2,1-4H3,(H,25,31)(H,24,26,32)/t15-/m0/s1. The van der Waals surface area contributed by atoms with Crippen molar-refractivity contribution in [3.63, 3.8) is 0 Å². The molecule has 0 unspecified atom stereocenters. The number of nitrogens with zero attached hydrogens (tertiary/aromatic N) is 4. The quantitative estimate of drug-likeness (QED) is 0.593. The van der Waals surface area contributed by atoms with Gasteiger partial charge in [0.2, 0.25) is 17.8 Å². The lowest BCUT2D eigenvalue weighted by Crippen LogP contribution is -2.29. The molecule has 2 N–H and O–H groups in total. The van der Waals surface area contributed by atoms with Crippen molar-refractivity contribution in [3.05, 3.63) is 57.6 Å². The summed E-state index contributed by atoms with van der Waals surface area (Å²) in [6.45, 7) is 5.70. The van der Waals surface area contributed by atoms with E-state index < -0.39 is 5.92 Å². The number of nitrogens with one attached hydrogen (secondary N) is 2. The van der Waals surface area contributed by atoms with Gasteiger partial charge in [0.05, 0.1) is 18.7 Å². The number of hydrogen-bond acceptors (Lipinski definition) is 6. The lowest BCUT2D eigenvalue weighted by atomic mass is 10.1. The van der Waals surface area contributed by atoms with E-state index in [0.717, 1.165) is 0 Å². The summed E-state index contributed by atoms with van der Waals surface area (Å²) in [7, 11) is 1.58. The van der Waals surface area contributed by atoms with E-state index in [-0.39, 0.29) is 36.3 Å². The molecule has 10 nitrogen and oxygen atoms in total. The molecule has 2 amide bonds. The molecule has 1 fully saturated rings. The molecule has 2 aromatic heterocycles. The monoisotopic (exact) mass is 450 g/mol. The van der Waals surface area contributed by atoms with Gasteiger partial charge in [-0.05, 0) is 44.5 Å². The third kappa shape index (κ3) is 4.36. The topological polar surface area (TPSA) is 122 Å². The van der Waals surface area contributed by atoms with Crippen molar-refractivity contribution in [1.29, 1.82) is 0 Å². The number of carbonyl (C=O) groups is 2. The Morgan fingerprint density at radius 1 is 1.24 bits per heavy atom. The minimum absolute atomic E-state index is 0.102. The summed E-state index contributed by atoms with van der Waals surface area (Å²) in [5.74, 6) is 0.336. The molecular weight excluding hydrogens is 424 g/mol. The van der Waals surface area contributed by atoms with Crippen LogP contribution in [0.25, 0.3) is 5.95 Å². The second-order valence-electron chi connectivity index (χ2n) is 7.98. The number of hydrogen-bond donors (Lipinski definition) is 2. The van der Waals surface area contributed by atoms with Crippen LogP contribution in [0.15, 0.2) is 35.1 Å². The third-order valence-electron chi connectivity index (χ3n) is 5.73. The molecule has 0 bridgehead atoms. The van der Waals surface area contributed by atoms with Crippen molar-refractivity contribution in [3.8, 4) is 11.7 Å². The van der Waals surface area contributed by atoms with Crippen LogP contribution in [0.2, 0.25) is 0 Å². The summed E-state index contributed by atoms with van der Waals surface area (Å²) >= 11 is 0. The van der Waals surface area contributed by atoms with E-state index in [0.29, 0.717) is 40.6 Å². The largest absolute Gasteiger partial charge is 0.497 e. The number of anilines is 2. The van der Waals surface area contributed by atoms with Crippen LogP contribution in [0.3, 0.4) is 0 Å². The zero-order chi connectivity index (χ0) is 23.7. The van der Waals surface area contributed by atoms with Gasteiger partial charge in [-0.25, -0.2) is 4.98 Å². The maximum absolute atomic E-state index is 13.0. The molecule has 0 radical (unpaired) electrons. The van der Waals surface area contributed by atoms with E-state index in [9.17, 15) is 14.4 Å². The van der Waals surface area contributed by atoms with Crippen molar-refractivity contribution in [1.82, 2.24) is 19.7 Å². The fourth-order valence-electron chi connectivity index (χ4n) is 3.99. The minimum atomic E-state index is -0.528. The lowest BCUT2D eigenvalue weighted by Gasteiger charge is -2.17. The smallest absolute Gasteiger partial charge is 0.255 e. The van der Waals surface area contributed by atoms with Crippen molar-refractivity contribution < 1.29 is 14.3 Å². The third-order valence-corrected chi connectivity index (χ3v) is 5.73. The highest BCUT2D eigenvalue weighted by molar-refractivity contribution is 6.03. The van der Waals surface area contributed by atoms with Gasteiger partial charge in [0.1, 0.15) is 11.6 Å². The van der Waals surface area contributed by atoms with E-state index >= 15 is 0 Å². The molecule has 0 saturated carbocycles. The first kappa shape index (κ1) is 22.3. The van der Waals surface area contributed by atoms with Gasteiger partial charge in [-0.1, -0.05) is 6.92 Å². The van der Waals surface area contributed by atoms with Gasteiger partial charge >= 0.3 is 0 Å². The highest BCUT2D eigenvalue weighted by atomic mass is 16.5. The lowest BCUT2D eigenvalue weighted by molar-refractivity contribution is -0.122. The number of carbonyl (C=O) groups excluding carboxylic acids is 2. The van der Waals surface area contributed by atoms with E-state index in [1.807, 2.05) is 6.92 Å². The number of methoxy groups -OCH3 is 1. The summed E-state index contributed by atoms with van der Waals surface area (Å²) in [4.78, 5) is 46.8. The highest BCUT2D eigenvalue weighted by Gasteiger charge is 2.35. The maximum Gasteiger partial charge on any atom is 0.255 e. The average Bonchev–Trinajstić information content (AvgIpc) is 3.36. The Hall–Kier alpha value is -3.95. The molecule has 1 aromatic carbocycles. The molecule has 33 heavy (non-hydrogen) atoms. The van der Waals surface area contributed by atoms with E-state index in [1.54, 1.807) is 56.2 Å². The molecule has 4 rings (SSSR count). The maximum atomic E-state index is 13.0. The van der Waals surface area contributed by atoms with Crippen LogP contribution in [0.1, 0.15) is 30.3 Å². The Balaban J connectivity index is 1.54. The predicted molar refractivity (Wildman–Crippen MR) is 123 cm³/mol. The number of rotatable bonds is 6. The SMILES string of the molecule is CCc1c(C)nc(-n2nc(C)cc2NC(=O)[C@H]2CC(=O)N(c3ccc(OC)cc3)C2)[nH]c1=O. The summed E-state index contributed by atoms with van der Waals surface area (Å²) < 4.78 is 6.56. The Bertz CT molecular complexity index is 1260. The van der Waals surface area contributed by atoms with Crippen molar-refractivity contribution >= 4 is 23.3 Å². The number of ether oxygens (including phenoxy) is 1. The number of benzene rings is 1. The molecule has 0 spiro atoms. The summed E-state index contributed by atoms with van der Waals surface area (Å²) in [6, 6.07) is 8.83. The van der Waals surface area contributed by atoms with Crippen LogP contribution in [0, 0.1) is 19.8 Å². The second kappa shape index (κ2) is 8.89. The van der Waals surface area contributed by atoms with Gasteiger partial charge in [0, 0.05) is 36.0 Å². The number of aryl methyl sites for hydroxylation is 2. The first-order valence-corrected chi connectivity index (χ1v) is 10.7. The minimum Gasteiger partial charge on any atom is -0.497 e. The van der Waals surface area contributed by atoms with Crippen LogP contribution < -0.4 is 20.5 Å². The van der Waals surface area contributed by atoms with Gasteiger partial charge in [-0.2, -0.15) is 9.78 Å². The van der Waals surface area contributed by atoms with E-state index in [1.165, 1.54) is 4.68 Å². The van der Waals surface area contributed by atoms with Gasteiger partial charge in [-0.15, -0.1) is 0 Å². The first-order chi connectivity index (χ1) is 15.8.